The minimum atomic E-state index is -0.430. The fraction of sp³-hybridized carbons (Fsp3) is 0.143. The van der Waals surface area contributed by atoms with Gasteiger partial charge in [0.05, 0.1) is 17.3 Å². The summed E-state index contributed by atoms with van der Waals surface area (Å²) in [6, 6.07) is 20.2. The highest BCUT2D eigenvalue weighted by atomic mass is 32.1. The molecule has 11 heteroatoms. The van der Waals surface area contributed by atoms with Gasteiger partial charge in [-0.05, 0) is 97.1 Å². The molecule has 0 bridgehead atoms. The van der Waals surface area contributed by atoms with E-state index in [2.05, 4.69) is 59.2 Å². The lowest BCUT2D eigenvalue weighted by atomic mass is 9.92. The van der Waals surface area contributed by atoms with Crippen molar-refractivity contribution in [2.45, 2.75) is 43.0 Å². The second-order valence-electron chi connectivity index (χ2n) is 11.0. The van der Waals surface area contributed by atoms with Crippen LogP contribution < -0.4 is 21.3 Å². The number of thiol groups is 3. The van der Waals surface area contributed by atoms with Gasteiger partial charge in [0.15, 0.2) is 0 Å². The van der Waals surface area contributed by atoms with Gasteiger partial charge in [-0.25, -0.2) is 0 Å². The summed E-state index contributed by atoms with van der Waals surface area (Å²) in [5.74, 6) is -1.45. The Hall–Kier alpha value is -4.45. The first kappa shape index (κ1) is 32.9. The summed E-state index contributed by atoms with van der Waals surface area (Å²) in [4.78, 5) is 53.8. The monoisotopic (exact) mass is 668 g/mol. The lowest BCUT2D eigenvalue weighted by Gasteiger charge is -2.27. The van der Waals surface area contributed by atoms with E-state index in [0.717, 1.165) is 32.1 Å². The van der Waals surface area contributed by atoms with Crippen LogP contribution in [0.3, 0.4) is 0 Å². The Morgan fingerprint density at radius 3 is 2.26 bits per heavy atom. The Kier molecular flexibility index (Phi) is 9.95. The van der Waals surface area contributed by atoms with Gasteiger partial charge in [0.2, 0.25) is 5.91 Å². The number of hydrogen-bond acceptors (Lipinski definition) is 7. The van der Waals surface area contributed by atoms with Gasteiger partial charge in [-0.1, -0.05) is 24.3 Å². The molecule has 4 aromatic rings. The highest BCUT2D eigenvalue weighted by molar-refractivity contribution is 7.90. The van der Waals surface area contributed by atoms with E-state index in [1.54, 1.807) is 60.7 Å². The molecule has 234 valence electrons. The van der Waals surface area contributed by atoms with Gasteiger partial charge in [-0.2, -0.15) is 0 Å². The number of benzene rings is 4. The van der Waals surface area contributed by atoms with E-state index in [1.165, 1.54) is 6.92 Å². The van der Waals surface area contributed by atoms with Gasteiger partial charge in [0.1, 0.15) is 0 Å². The number of amides is 4. The SMILES string of the molecule is CC(=O)Nc1cc(C)ccc1C(=O)Nc1cc(C(=O)Nc2cccc(C(=O)NC3CC=C(S)c4cc(S)cc(S)c43)c2)ccc1C. The summed E-state index contributed by atoms with van der Waals surface area (Å²) >= 11 is 13.7. The second-order valence-corrected chi connectivity index (χ2v) is 12.5. The molecule has 0 heterocycles. The van der Waals surface area contributed by atoms with E-state index in [-0.39, 0.29) is 17.9 Å². The van der Waals surface area contributed by atoms with Gasteiger partial charge < -0.3 is 21.3 Å². The van der Waals surface area contributed by atoms with Crippen LogP contribution in [0.4, 0.5) is 17.1 Å². The molecule has 0 saturated carbocycles. The van der Waals surface area contributed by atoms with Crippen LogP contribution in [0.1, 0.15) is 72.7 Å². The van der Waals surface area contributed by atoms with E-state index in [9.17, 15) is 19.2 Å². The van der Waals surface area contributed by atoms with Crippen molar-refractivity contribution in [1.82, 2.24) is 5.32 Å². The lowest BCUT2D eigenvalue weighted by molar-refractivity contribution is -0.114. The van der Waals surface area contributed by atoms with E-state index in [4.69, 9.17) is 0 Å². The quantitative estimate of drug-likeness (QED) is 0.103. The maximum atomic E-state index is 13.3. The molecular weight excluding hydrogens is 637 g/mol. The third-order valence-corrected chi connectivity index (χ3v) is 8.53. The Morgan fingerprint density at radius 1 is 0.739 bits per heavy atom. The van der Waals surface area contributed by atoms with Crippen molar-refractivity contribution in [3.05, 3.63) is 118 Å². The van der Waals surface area contributed by atoms with Crippen molar-refractivity contribution < 1.29 is 19.2 Å². The fourth-order valence-corrected chi connectivity index (χ4v) is 6.28. The largest absolute Gasteiger partial charge is 0.345 e. The zero-order valence-corrected chi connectivity index (χ0v) is 27.9. The van der Waals surface area contributed by atoms with Crippen LogP contribution in [-0.4, -0.2) is 23.6 Å². The Labute approximate surface area is 283 Å². The summed E-state index contributed by atoms with van der Waals surface area (Å²) in [5.41, 5.74) is 5.63. The maximum Gasteiger partial charge on any atom is 0.257 e. The molecule has 1 aliphatic carbocycles. The van der Waals surface area contributed by atoms with E-state index >= 15 is 0 Å². The van der Waals surface area contributed by atoms with E-state index in [1.807, 2.05) is 32.1 Å². The molecule has 1 aliphatic rings. The Morgan fingerprint density at radius 2 is 1.50 bits per heavy atom. The van der Waals surface area contributed by atoms with Gasteiger partial charge in [0, 0.05) is 44.1 Å². The van der Waals surface area contributed by atoms with Crippen molar-refractivity contribution in [3.63, 3.8) is 0 Å². The van der Waals surface area contributed by atoms with Crippen LogP contribution >= 0.6 is 37.9 Å². The normalized spacial score (nSPS) is 13.6. The van der Waals surface area contributed by atoms with Crippen LogP contribution in [0, 0.1) is 13.8 Å². The molecule has 0 radical (unpaired) electrons. The Balaban J connectivity index is 1.30. The van der Waals surface area contributed by atoms with E-state index in [0.29, 0.717) is 45.1 Å². The zero-order chi connectivity index (χ0) is 33.1. The van der Waals surface area contributed by atoms with Gasteiger partial charge in [-0.15, -0.1) is 37.9 Å². The number of fused-ring (bicyclic) bond motifs is 1. The number of rotatable bonds is 7. The Bertz CT molecular complexity index is 1940. The van der Waals surface area contributed by atoms with E-state index < -0.39 is 11.8 Å². The average molecular weight is 669 g/mol. The third kappa shape index (κ3) is 7.50. The predicted octanol–water partition coefficient (Wildman–Crippen LogP) is 7.49. The highest BCUT2D eigenvalue weighted by Gasteiger charge is 2.25. The van der Waals surface area contributed by atoms with Gasteiger partial charge in [-0.3, -0.25) is 19.2 Å². The van der Waals surface area contributed by atoms with Crippen LogP contribution in [0.25, 0.3) is 4.91 Å². The predicted molar refractivity (Wildman–Crippen MR) is 192 cm³/mol. The molecule has 0 aromatic heterocycles. The first-order valence-corrected chi connectivity index (χ1v) is 15.7. The smallest absolute Gasteiger partial charge is 0.257 e. The summed E-state index contributed by atoms with van der Waals surface area (Å²) in [7, 11) is 0. The number of anilines is 3. The molecule has 5 rings (SSSR count). The van der Waals surface area contributed by atoms with Gasteiger partial charge in [0.25, 0.3) is 17.7 Å². The number of nitrogens with one attached hydrogen (secondary N) is 4. The van der Waals surface area contributed by atoms with Crippen LogP contribution in [0.15, 0.2) is 88.7 Å². The van der Waals surface area contributed by atoms with Gasteiger partial charge >= 0.3 is 0 Å². The molecule has 0 saturated heterocycles. The number of carbonyl (C=O) groups excluding carboxylic acids is 4. The molecular formula is C35H32N4O4S3. The summed E-state index contributed by atoms with van der Waals surface area (Å²) in [5, 5.41) is 11.5. The number of carbonyl (C=O) groups is 4. The zero-order valence-electron chi connectivity index (χ0n) is 25.3. The highest BCUT2D eigenvalue weighted by Crippen LogP contribution is 2.40. The summed E-state index contributed by atoms with van der Waals surface area (Å²) < 4.78 is 0. The lowest BCUT2D eigenvalue weighted by Crippen LogP contribution is -2.30. The maximum absolute atomic E-state index is 13.3. The first-order chi connectivity index (χ1) is 21.9. The standard InChI is InChI=1S/C35H32N4O4S3/c1-18-7-10-25(29(13-18)36-20(3)40)35(43)39-28-15-22(9-8-19(28)2)33(41)37-23-6-4-5-21(14-23)34(42)38-27-11-12-30(45)26-16-24(44)17-31(46)32(26)27/h4-10,12-17,27,44-46H,11H2,1-3H3,(H,36,40)(H,37,41)(H,38,42)(H,39,43). The first-order valence-electron chi connectivity index (χ1n) is 14.4. The van der Waals surface area contributed by atoms with Crippen molar-refractivity contribution in [2.75, 3.05) is 16.0 Å². The van der Waals surface area contributed by atoms with Crippen molar-refractivity contribution in [3.8, 4) is 0 Å². The molecule has 0 spiro atoms. The third-order valence-electron chi connectivity index (χ3n) is 7.48. The summed E-state index contributed by atoms with van der Waals surface area (Å²) in [6.07, 6.45) is 2.51. The van der Waals surface area contributed by atoms with Crippen LogP contribution in [0.2, 0.25) is 0 Å². The molecule has 1 atom stereocenters. The molecule has 8 nitrogen and oxygen atoms in total. The summed E-state index contributed by atoms with van der Waals surface area (Å²) in [6.45, 7) is 5.05. The van der Waals surface area contributed by atoms with Crippen LogP contribution in [0.5, 0.6) is 0 Å². The number of aryl methyl sites for hydroxylation is 2. The average Bonchev–Trinajstić information content (AvgIpc) is 2.99. The van der Waals surface area contributed by atoms with Crippen molar-refractivity contribution >= 4 is 83.5 Å². The minimum absolute atomic E-state index is 0.293. The molecule has 4 amide bonds. The molecule has 4 N–H and O–H groups in total. The molecule has 1 unspecified atom stereocenters. The molecule has 4 aromatic carbocycles. The fourth-order valence-electron chi connectivity index (χ4n) is 5.21. The topological polar surface area (TPSA) is 116 Å². The van der Waals surface area contributed by atoms with Crippen molar-refractivity contribution in [1.29, 1.82) is 0 Å². The number of hydrogen-bond donors (Lipinski definition) is 7. The molecule has 0 aliphatic heterocycles. The molecule has 0 fully saturated rings. The molecule has 46 heavy (non-hydrogen) atoms. The van der Waals surface area contributed by atoms with Crippen LogP contribution in [-0.2, 0) is 4.79 Å². The van der Waals surface area contributed by atoms with Crippen molar-refractivity contribution in [2.24, 2.45) is 0 Å². The minimum Gasteiger partial charge on any atom is -0.345 e. The second kappa shape index (κ2) is 13.9.